The SMILES string of the molecule is CCCCC=CC=CC=CC=CC=CC=CC=CC=CC=CC=COS(=O)(=O)O. The van der Waals surface area contributed by atoms with E-state index in [9.17, 15) is 8.42 Å². The van der Waals surface area contributed by atoms with Crippen molar-refractivity contribution in [2.24, 2.45) is 0 Å². The molecule has 4 nitrogen and oxygen atoms in total. The molecule has 5 heteroatoms. The van der Waals surface area contributed by atoms with E-state index in [1.807, 2.05) is 79.0 Å². The summed E-state index contributed by atoms with van der Waals surface area (Å²) in [4.78, 5) is 0. The Hall–Kier alpha value is -2.89. The summed E-state index contributed by atoms with van der Waals surface area (Å²) in [6.07, 6.45) is 40.3. The predicted octanol–water partition coefficient (Wildman–Crippen LogP) is 6.52. The highest BCUT2D eigenvalue weighted by molar-refractivity contribution is 7.81. The van der Waals surface area contributed by atoms with Gasteiger partial charge in [0.1, 0.15) is 6.26 Å². The standard InChI is InChI=1S/C24H30O4S/c1-2-3-4-5-6-7-8-9-10-11-12-13-14-15-16-17-18-19-20-21-22-23-24-28-29(25,26)27/h5-24H,2-4H2,1H3,(H,25,26,27). The molecule has 0 atom stereocenters. The van der Waals surface area contributed by atoms with Gasteiger partial charge in [0.25, 0.3) is 0 Å². The van der Waals surface area contributed by atoms with Gasteiger partial charge in [-0.2, -0.15) is 8.42 Å². The Morgan fingerprint density at radius 3 is 1.31 bits per heavy atom. The van der Waals surface area contributed by atoms with Gasteiger partial charge in [-0.15, -0.1) is 0 Å². The first-order valence-corrected chi connectivity index (χ1v) is 10.7. The minimum absolute atomic E-state index is 0.873. The van der Waals surface area contributed by atoms with Gasteiger partial charge in [-0.25, -0.2) is 0 Å². The lowest BCUT2D eigenvalue weighted by Crippen LogP contribution is -1.96. The molecule has 0 aromatic rings. The fourth-order valence-corrected chi connectivity index (χ4v) is 1.88. The van der Waals surface area contributed by atoms with E-state index in [0.717, 1.165) is 12.7 Å². The summed E-state index contributed by atoms with van der Waals surface area (Å²) in [5, 5.41) is 0. The van der Waals surface area contributed by atoms with Gasteiger partial charge in [0.15, 0.2) is 0 Å². The maximum absolute atomic E-state index is 10.3. The first-order valence-electron chi connectivity index (χ1n) is 9.37. The third-order valence-corrected chi connectivity index (χ3v) is 3.36. The normalized spacial score (nSPS) is 14.6. The molecule has 0 aliphatic heterocycles. The Labute approximate surface area is 175 Å². The van der Waals surface area contributed by atoms with Crippen molar-refractivity contribution in [1.29, 1.82) is 0 Å². The highest BCUT2D eigenvalue weighted by Crippen LogP contribution is 1.95. The van der Waals surface area contributed by atoms with Gasteiger partial charge >= 0.3 is 10.4 Å². The van der Waals surface area contributed by atoms with E-state index in [-0.39, 0.29) is 0 Å². The van der Waals surface area contributed by atoms with Gasteiger partial charge in [-0.05, 0) is 12.5 Å². The molecule has 0 aliphatic rings. The van der Waals surface area contributed by atoms with E-state index in [1.54, 1.807) is 18.2 Å². The van der Waals surface area contributed by atoms with Crippen molar-refractivity contribution in [2.75, 3.05) is 0 Å². The molecule has 0 spiro atoms. The zero-order valence-electron chi connectivity index (χ0n) is 16.7. The predicted molar refractivity (Wildman–Crippen MR) is 124 cm³/mol. The van der Waals surface area contributed by atoms with Crippen LogP contribution in [0.5, 0.6) is 0 Å². The zero-order chi connectivity index (χ0) is 21.5. The van der Waals surface area contributed by atoms with Crippen molar-refractivity contribution in [3.63, 3.8) is 0 Å². The molecule has 0 fully saturated rings. The summed E-state index contributed by atoms with van der Waals surface area (Å²) >= 11 is 0. The average Bonchev–Trinajstić information content (AvgIpc) is 2.67. The van der Waals surface area contributed by atoms with Crippen LogP contribution in [0.2, 0.25) is 0 Å². The lowest BCUT2D eigenvalue weighted by atomic mass is 10.2. The molecule has 0 saturated heterocycles. The summed E-state index contributed by atoms with van der Waals surface area (Å²) in [7, 11) is -4.43. The van der Waals surface area contributed by atoms with Crippen molar-refractivity contribution in [3.8, 4) is 0 Å². The molecule has 0 heterocycles. The first kappa shape index (κ1) is 26.1. The zero-order valence-corrected chi connectivity index (χ0v) is 17.6. The quantitative estimate of drug-likeness (QED) is 0.152. The summed E-state index contributed by atoms with van der Waals surface area (Å²) < 4.78 is 32.8. The molecule has 0 unspecified atom stereocenters. The molecule has 0 saturated carbocycles. The molecular formula is C24H30O4S. The second-order valence-corrected chi connectivity index (χ2v) is 6.55. The van der Waals surface area contributed by atoms with Crippen LogP contribution in [-0.4, -0.2) is 13.0 Å². The molecule has 156 valence electrons. The van der Waals surface area contributed by atoms with E-state index >= 15 is 0 Å². The van der Waals surface area contributed by atoms with Gasteiger partial charge in [0, 0.05) is 0 Å². The second-order valence-electron chi connectivity index (χ2n) is 5.50. The molecule has 1 N–H and O–H groups in total. The van der Waals surface area contributed by atoms with Crippen LogP contribution in [0, 0.1) is 0 Å². The molecule has 0 bridgehead atoms. The minimum atomic E-state index is -4.43. The van der Waals surface area contributed by atoms with Crippen molar-refractivity contribution >= 4 is 10.4 Å². The van der Waals surface area contributed by atoms with Crippen molar-refractivity contribution in [1.82, 2.24) is 0 Å². The topological polar surface area (TPSA) is 63.6 Å². The number of unbranched alkanes of at least 4 members (excludes halogenated alkanes) is 2. The molecule has 0 aromatic carbocycles. The van der Waals surface area contributed by atoms with Crippen molar-refractivity contribution in [3.05, 3.63) is 122 Å². The largest absolute Gasteiger partial charge is 0.445 e. The van der Waals surface area contributed by atoms with Crippen LogP contribution in [0.3, 0.4) is 0 Å². The summed E-state index contributed by atoms with van der Waals surface area (Å²) in [6.45, 7) is 2.19. The molecule has 0 aromatic heterocycles. The summed E-state index contributed by atoms with van der Waals surface area (Å²) in [5.41, 5.74) is 0. The van der Waals surface area contributed by atoms with Crippen LogP contribution in [0.25, 0.3) is 0 Å². The van der Waals surface area contributed by atoms with E-state index < -0.39 is 10.4 Å². The lowest BCUT2D eigenvalue weighted by molar-refractivity contribution is 0.356. The summed E-state index contributed by atoms with van der Waals surface area (Å²) in [5.74, 6) is 0. The second kappa shape index (κ2) is 19.9. The van der Waals surface area contributed by atoms with Crippen LogP contribution in [0.1, 0.15) is 26.2 Å². The Morgan fingerprint density at radius 1 is 0.621 bits per heavy atom. The number of rotatable bonds is 14. The van der Waals surface area contributed by atoms with Crippen LogP contribution in [-0.2, 0) is 14.6 Å². The molecule has 0 aliphatic carbocycles. The Morgan fingerprint density at radius 2 is 0.966 bits per heavy atom. The third-order valence-electron chi connectivity index (χ3n) is 3.01. The Kier molecular flexibility index (Phi) is 17.9. The molecule has 0 radical (unpaired) electrons. The van der Waals surface area contributed by atoms with Crippen molar-refractivity contribution in [2.45, 2.75) is 26.2 Å². The highest BCUT2D eigenvalue weighted by Gasteiger charge is 1.97. The first-order chi connectivity index (χ1) is 14.1. The maximum Gasteiger partial charge on any atom is 0.445 e. The molecule has 0 amide bonds. The summed E-state index contributed by atoms with van der Waals surface area (Å²) in [6, 6.07) is 0. The van der Waals surface area contributed by atoms with Gasteiger partial charge in [0.2, 0.25) is 0 Å². The molecule has 29 heavy (non-hydrogen) atoms. The van der Waals surface area contributed by atoms with Crippen LogP contribution in [0.15, 0.2) is 122 Å². The van der Waals surface area contributed by atoms with Gasteiger partial charge in [-0.3, -0.25) is 4.55 Å². The van der Waals surface area contributed by atoms with Crippen LogP contribution in [0.4, 0.5) is 0 Å². The maximum atomic E-state index is 10.3. The number of hydrogen-bond donors (Lipinski definition) is 1. The van der Waals surface area contributed by atoms with Crippen LogP contribution < -0.4 is 0 Å². The number of hydrogen-bond acceptors (Lipinski definition) is 3. The fraction of sp³-hybridized carbons (Fsp3) is 0.167. The molecule has 0 rings (SSSR count). The lowest BCUT2D eigenvalue weighted by Gasteiger charge is -1.89. The van der Waals surface area contributed by atoms with Gasteiger partial charge in [-0.1, -0.05) is 129 Å². The highest BCUT2D eigenvalue weighted by atomic mass is 32.3. The van der Waals surface area contributed by atoms with Crippen molar-refractivity contribution < 1.29 is 17.2 Å². The van der Waals surface area contributed by atoms with E-state index in [0.29, 0.717) is 0 Å². The Bertz CT molecular complexity index is 800. The number of allylic oxidation sites excluding steroid dienone is 19. The minimum Gasteiger partial charge on any atom is -0.370 e. The third kappa shape index (κ3) is 25.1. The van der Waals surface area contributed by atoms with E-state index in [4.69, 9.17) is 4.55 Å². The van der Waals surface area contributed by atoms with E-state index in [2.05, 4.69) is 23.3 Å². The monoisotopic (exact) mass is 414 g/mol. The molecular weight excluding hydrogens is 384 g/mol. The van der Waals surface area contributed by atoms with E-state index in [1.165, 1.54) is 18.9 Å². The van der Waals surface area contributed by atoms with Gasteiger partial charge < -0.3 is 4.18 Å². The fourth-order valence-electron chi connectivity index (χ4n) is 1.67. The van der Waals surface area contributed by atoms with Gasteiger partial charge in [0.05, 0.1) is 0 Å². The average molecular weight is 415 g/mol. The van der Waals surface area contributed by atoms with Crippen LogP contribution >= 0.6 is 0 Å². The smallest absolute Gasteiger partial charge is 0.370 e. The Balaban J connectivity index is 3.93.